The van der Waals surface area contributed by atoms with Crippen molar-refractivity contribution in [2.24, 2.45) is 0 Å². The summed E-state index contributed by atoms with van der Waals surface area (Å²) < 4.78 is 42.5. The molecule has 0 aliphatic carbocycles. The lowest BCUT2D eigenvalue weighted by Gasteiger charge is -2.31. The first kappa shape index (κ1) is 25.9. The molecule has 3 aromatic rings. The Labute approximate surface area is 205 Å². The molecule has 2 amide bonds. The SMILES string of the molecule is CNC(=O)[C@@H](C)N(Cc1ccc(C)cc1)C(=O)CN(c1ccccc1F)S(=O)(=O)c1ccccc1. The number of amides is 2. The minimum absolute atomic E-state index is 0.0736. The molecular formula is C26H28FN3O4S. The van der Waals surface area contributed by atoms with E-state index in [2.05, 4.69) is 5.32 Å². The van der Waals surface area contributed by atoms with Gasteiger partial charge in [-0.05, 0) is 43.7 Å². The zero-order valence-electron chi connectivity index (χ0n) is 19.8. The van der Waals surface area contributed by atoms with Crippen LogP contribution in [0.5, 0.6) is 0 Å². The Morgan fingerprint density at radius 1 is 0.943 bits per heavy atom. The Morgan fingerprint density at radius 2 is 1.54 bits per heavy atom. The Bertz CT molecular complexity index is 1280. The minimum Gasteiger partial charge on any atom is -0.357 e. The molecule has 0 unspecified atom stereocenters. The molecule has 184 valence electrons. The topological polar surface area (TPSA) is 86.8 Å². The van der Waals surface area contributed by atoms with Crippen LogP contribution in [0.1, 0.15) is 18.1 Å². The van der Waals surface area contributed by atoms with Crippen LogP contribution in [0.4, 0.5) is 10.1 Å². The van der Waals surface area contributed by atoms with Crippen molar-refractivity contribution < 1.29 is 22.4 Å². The van der Waals surface area contributed by atoms with Gasteiger partial charge in [0.2, 0.25) is 11.8 Å². The van der Waals surface area contributed by atoms with Crippen molar-refractivity contribution in [3.05, 3.63) is 95.8 Å². The third kappa shape index (κ3) is 6.05. The number of carbonyl (C=O) groups excluding carboxylic acids is 2. The zero-order valence-corrected chi connectivity index (χ0v) is 20.6. The van der Waals surface area contributed by atoms with E-state index in [-0.39, 0.29) is 17.1 Å². The molecule has 7 nitrogen and oxygen atoms in total. The lowest BCUT2D eigenvalue weighted by Crippen LogP contribution is -2.50. The summed E-state index contributed by atoms with van der Waals surface area (Å²) in [4.78, 5) is 27.2. The van der Waals surface area contributed by atoms with Gasteiger partial charge in [0.25, 0.3) is 10.0 Å². The molecule has 0 heterocycles. The lowest BCUT2D eigenvalue weighted by molar-refractivity contribution is -0.139. The first-order valence-electron chi connectivity index (χ1n) is 11.0. The number of anilines is 1. The van der Waals surface area contributed by atoms with Gasteiger partial charge in [0, 0.05) is 13.6 Å². The fourth-order valence-corrected chi connectivity index (χ4v) is 5.01. The van der Waals surface area contributed by atoms with Crippen LogP contribution >= 0.6 is 0 Å². The van der Waals surface area contributed by atoms with Crippen molar-refractivity contribution in [3.8, 4) is 0 Å². The maximum atomic E-state index is 14.8. The minimum atomic E-state index is -4.29. The number of halogens is 1. The van der Waals surface area contributed by atoms with Gasteiger partial charge < -0.3 is 10.2 Å². The third-order valence-corrected chi connectivity index (χ3v) is 7.39. The molecule has 3 rings (SSSR count). The van der Waals surface area contributed by atoms with Crippen LogP contribution in [0.2, 0.25) is 0 Å². The monoisotopic (exact) mass is 497 g/mol. The van der Waals surface area contributed by atoms with Gasteiger partial charge in [-0.15, -0.1) is 0 Å². The number of hydrogen-bond acceptors (Lipinski definition) is 4. The van der Waals surface area contributed by atoms with Crippen molar-refractivity contribution in [1.82, 2.24) is 10.2 Å². The molecule has 0 aromatic heterocycles. The number of hydrogen-bond donors (Lipinski definition) is 1. The van der Waals surface area contributed by atoms with Gasteiger partial charge in [-0.3, -0.25) is 13.9 Å². The summed E-state index contributed by atoms with van der Waals surface area (Å²) in [5.41, 5.74) is 1.54. The number of sulfonamides is 1. The fraction of sp³-hybridized carbons (Fsp3) is 0.231. The van der Waals surface area contributed by atoms with Crippen molar-refractivity contribution >= 4 is 27.5 Å². The van der Waals surface area contributed by atoms with Gasteiger partial charge in [-0.1, -0.05) is 60.2 Å². The number of nitrogens with one attached hydrogen (secondary N) is 1. The van der Waals surface area contributed by atoms with Crippen LogP contribution in [-0.4, -0.2) is 44.8 Å². The molecule has 35 heavy (non-hydrogen) atoms. The van der Waals surface area contributed by atoms with Gasteiger partial charge in [-0.2, -0.15) is 0 Å². The van der Waals surface area contributed by atoms with E-state index in [9.17, 15) is 22.4 Å². The highest BCUT2D eigenvalue weighted by atomic mass is 32.2. The molecular weight excluding hydrogens is 469 g/mol. The second-order valence-electron chi connectivity index (χ2n) is 8.07. The van der Waals surface area contributed by atoms with E-state index < -0.39 is 40.2 Å². The number of benzene rings is 3. The van der Waals surface area contributed by atoms with Gasteiger partial charge in [0.1, 0.15) is 18.4 Å². The summed E-state index contributed by atoms with van der Waals surface area (Å²) in [6.45, 7) is 2.88. The average molecular weight is 498 g/mol. The highest BCUT2D eigenvalue weighted by molar-refractivity contribution is 7.92. The highest BCUT2D eigenvalue weighted by Gasteiger charge is 2.33. The van der Waals surface area contributed by atoms with Gasteiger partial charge >= 0.3 is 0 Å². The standard InChI is InChI=1S/C26H28FN3O4S/c1-19-13-15-21(16-14-19)17-29(20(2)26(32)28-3)25(31)18-30(24-12-8-7-11-23(24)27)35(33,34)22-9-5-4-6-10-22/h4-16,20H,17-18H2,1-3H3,(H,28,32)/t20-/m1/s1. The highest BCUT2D eigenvalue weighted by Crippen LogP contribution is 2.26. The molecule has 1 atom stereocenters. The Kier molecular flexibility index (Phi) is 8.24. The van der Waals surface area contributed by atoms with Crippen molar-refractivity contribution in [1.29, 1.82) is 0 Å². The van der Waals surface area contributed by atoms with Crippen LogP contribution in [0.3, 0.4) is 0 Å². The maximum Gasteiger partial charge on any atom is 0.264 e. The van der Waals surface area contributed by atoms with E-state index in [0.29, 0.717) is 0 Å². The third-order valence-electron chi connectivity index (χ3n) is 5.62. The van der Waals surface area contributed by atoms with Crippen molar-refractivity contribution in [2.75, 3.05) is 17.9 Å². The van der Waals surface area contributed by atoms with E-state index in [1.807, 2.05) is 31.2 Å². The van der Waals surface area contributed by atoms with Gasteiger partial charge in [0.05, 0.1) is 10.6 Å². The predicted molar refractivity (Wildman–Crippen MR) is 133 cm³/mol. The van der Waals surface area contributed by atoms with Crippen molar-refractivity contribution in [3.63, 3.8) is 0 Å². The molecule has 1 N–H and O–H groups in total. The number of para-hydroxylation sites is 1. The van der Waals surface area contributed by atoms with Crippen LogP contribution in [-0.2, 0) is 26.2 Å². The molecule has 0 radical (unpaired) electrons. The van der Waals surface area contributed by atoms with Gasteiger partial charge in [0.15, 0.2) is 0 Å². The molecule has 0 aliphatic rings. The van der Waals surface area contributed by atoms with E-state index >= 15 is 0 Å². The van der Waals surface area contributed by atoms with Crippen LogP contribution in [0.25, 0.3) is 0 Å². The second-order valence-corrected chi connectivity index (χ2v) is 9.94. The Hall–Kier alpha value is -3.72. The first-order chi connectivity index (χ1) is 16.6. The predicted octanol–water partition coefficient (Wildman–Crippen LogP) is 3.49. The van der Waals surface area contributed by atoms with Gasteiger partial charge in [-0.25, -0.2) is 12.8 Å². The molecule has 3 aromatic carbocycles. The van der Waals surface area contributed by atoms with Crippen LogP contribution in [0.15, 0.2) is 83.8 Å². The van der Waals surface area contributed by atoms with E-state index in [4.69, 9.17) is 0 Å². The quantitative estimate of drug-likeness (QED) is 0.490. The number of likely N-dealkylation sites (N-methyl/N-ethyl adjacent to an activating group) is 1. The number of aryl methyl sites for hydroxylation is 1. The number of rotatable bonds is 9. The van der Waals surface area contributed by atoms with Crippen LogP contribution in [0, 0.1) is 12.7 Å². The van der Waals surface area contributed by atoms with E-state index in [1.165, 1.54) is 42.3 Å². The first-order valence-corrected chi connectivity index (χ1v) is 12.5. The summed E-state index contributed by atoms with van der Waals surface area (Å²) in [5, 5.41) is 2.52. The Morgan fingerprint density at radius 3 is 2.14 bits per heavy atom. The number of carbonyl (C=O) groups is 2. The summed E-state index contributed by atoms with van der Waals surface area (Å²) in [6.07, 6.45) is 0. The molecule has 0 saturated heterocycles. The smallest absolute Gasteiger partial charge is 0.264 e. The van der Waals surface area contributed by atoms with Crippen molar-refractivity contribution in [2.45, 2.75) is 31.3 Å². The lowest BCUT2D eigenvalue weighted by atomic mass is 10.1. The Balaban J connectivity index is 2.03. The summed E-state index contributed by atoms with van der Waals surface area (Å²) in [5.74, 6) is -1.84. The van der Waals surface area contributed by atoms with E-state index in [1.54, 1.807) is 25.1 Å². The zero-order chi connectivity index (χ0) is 25.6. The molecule has 0 spiro atoms. The molecule has 9 heteroatoms. The molecule has 0 aliphatic heterocycles. The largest absolute Gasteiger partial charge is 0.357 e. The second kappa shape index (κ2) is 11.1. The normalized spacial score (nSPS) is 12.0. The summed E-state index contributed by atoms with van der Waals surface area (Å²) in [7, 11) is -2.83. The molecule has 0 bridgehead atoms. The average Bonchev–Trinajstić information content (AvgIpc) is 2.86. The fourth-order valence-electron chi connectivity index (χ4n) is 3.57. The summed E-state index contributed by atoms with van der Waals surface area (Å²) in [6, 6.07) is 19.4. The number of nitrogens with zero attached hydrogens (tertiary/aromatic N) is 2. The summed E-state index contributed by atoms with van der Waals surface area (Å²) >= 11 is 0. The maximum absolute atomic E-state index is 14.8. The van der Waals surface area contributed by atoms with E-state index in [0.717, 1.165) is 21.5 Å². The van der Waals surface area contributed by atoms with Crippen LogP contribution < -0.4 is 9.62 Å². The molecule has 0 fully saturated rings. The molecule has 0 saturated carbocycles.